The van der Waals surface area contributed by atoms with Crippen molar-refractivity contribution in [2.24, 2.45) is 0 Å². The van der Waals surface area contributed by atoms with E-state index < -0.39 is 24.4 Å². The molecule has 1 aromatic carbocycles. The first kappa shape index (κ1) is 28.4. The minimum atomic E-state index is -2.97. The van der Waals surface area contributed by atoms with E-state index in [4.69, 9.17) is 21.7 Å². The molecule has 0 saturated heterocycles. The van der Waals surface area contributed by atoms with E-state index in [0.717, 1.165) is 24.7 Å². The number of aromatic nitrogens is 2. The summed E-state index contributed by atoms with van der Waals surface area (Å²) in [5, 5.41) is 19.8. The van der Waals surface area contributed by atoms with Crippen molar-refractivity contribution in [2.45, 2.75) is 26.0 Å². The van der Waals surface area contributed by atoms with Gasteiger partial charge in [-0.15, -0.1) is 0 Å². The Morgan fingerprint density at radius 3 is 2.74 bits per heavy atom. The molecule has 0 fully saturated rings. The van der Waals surface area contributed by atoms with E-state index in [2.05, 4.69) is 37.1 Å². The van der Waals surface area contributed by atoms with Crippen molar-refractivity contribution in [1.29, 1.82) is 5.41 Å². The Morgan fingerprint density at radius 1 is 1.47 bits per heavy atom. The molecule has 184 valence electrons. The second-order valence-electron chi connectivity index (χ2n) is 6.62. The summed E-state index contributed by atoms with van der Waals surface area (Å²) < 4.78 is 45.5. The Hall–Kier alpha value is -1.86. The molecule has 0 bridgehead atoms. The van der Waals surface area contributed by atoms with Crippen LogP contribution >= 0.6 is 40.0 Å². The summed E-state index contributed by atoms with van der Waals surface area (Å²) in [6, 6.07) is 2.76. The number of halogens is 5. The third-order valence-corrected chi connectivity index (χ3v) is 6.64. The molecule has 14 heteroatoms. The maximum atomic E-state index is 13.4. The number of fused-ring (bicyclic) bond motifs is 1. The number of aldehydes is 1. The molecular formula is C20H21ClF3IN5O3P. The largest absolute Gasteiger partial charge is 0.438 e. The Kier molecular flexibility index (Phi) is 11.6. The van der Waals surface area contributed by atoms with E-state index >= 15 is 0 Å². The fraction of sp³-hybridized carbons (Fsp3) is 0.300. The smallest absolute Gasteiger partial charge is 0.267 e. The van der Waals surface area contributed by atoms with Crippen LogP contribution in [0, 0.1) is 11.2 Å². The predicted molar refractivity (Wildman–Crippen MR) is 133 cm³/mol. The SMILES string of the molecule is CNPI.N=C/C(=C(/Cl)C=O)N1CCc2c(nc(CO)nc2Oc2ccc(F)cc2C(F)F)C1. The molecule has 1 atom stereocenters. The average Bonchev–Trinajstić information content (AvgIpc) is 2.84. The highest BCUT2D eigenvalue weighted by atomic mass is 127. The number of rotatable bonds is 8. The molecule has 3 N–H and O–H groups in total. The topological polar surface area (TPSA) is 111 Å². The zero-order valence-corrected chi connectivity index (χ0v) is 21.7. The lowest BCUT2D eigenvalue weighted by Crippen LogP contribution is -2.32. The van der Waals surface area contributed by atoms with Crippen molar-refractivity contribution in [2.75, 3.05) is 13.6 Å². The molecule has 2 heterocycles. The number of nitrogens with zero attached hydrogens (tertiary/aromatic N) is 3. The standard InChI is InChI=1S/C19H16ClF3N4O3.CH5INP/c20-13(8-28)15(6-24)27-4-3-11-14(7-27)25-17(9-29)26-19(11)30-16-2-1-10(21)5-12(16)18(22)23;1-3-4-2/h1-2,5-6,8,18,24,29H,3-4,7,9H2;3-4H,1H3/b15-13-,24-6?;. The van der Waals surface area contributed by atoms with Crippen molar-refractivity contribution in [3.8, 4) is 11.6 Å². The molecule has 0 radical (unpaired) electrons. The van der Waals surface area contributed by atoms with Gasteiger partial charge in [0.1, 0.15) is 23.2 Å². The van der Waals surface area contributed by atoms with Crippen LogP contribution < -0.4 is 9.82 Å². The molecule has 2 aromatic rings. The summed E-state index contributed by atoms with van der Waals surface area (Å²) in [5.41, 5.74) is 0.505. The number of alkyl halides is 2. The van der Waals surface area contributed by atoms with Gasteiger partial charge in [-0.2, -0.15) is 4.98 Å². The third kappa shape index (κ3) is 7.32. The predicted octanol–water partition coefficient (Wildman–Crippen LogP) is 4.64. The van der Waals surface area contributed by atoms with Gasteiger partial charge in [-0.3, -0.25) is 9.88 Å². The van der Waals surface area contributed by atoms with Crippen LogP contribution in [0.25, 0.3) is 0 Å². The summed E-state index contributed by atoms with van der Waals surface area (Å²) in [5.74, 6) is -1.12. The Labute approximate surface area is 213 Å². The van der Waals surface area contributed by atoms with Crippen LogP contribution in [0.2, 0.25) is 0 Å². The summed E-state index contributed by atoms with van der Waals surface area (Å²) in [6.07, 6.45) is -0.444. The van der Waals surface area contributed by atoms with Gasteiger partial charge in [0.05, 0.1) is 23.5 Å². The highest BCUT2D eigenvalue weighted by Crippen LogP contribution is 2.35. The van der Waals surface area contributed by atoms with Crippen LogP contribution in [0.4, 0.5) is 13.2 Å². The molecule has 1 aliphatic heterocycles. The summed E-state index contributed by atoms with van der Waals surface area (Å²) in [4.78, 5) is 20.9. The van der Waals surface area contributed by atoms with E-state index in [1.807, 2.05) is 7.05 Å². The molecule has 34 heavy (non-hydrogen) atoms. The highest BCUT2D eigenvalue weighted by molar-refractivity contribution is 14.2. The van der Waals surface area contributed by atoms with E-state index in [-0.39, 0.29) is 34.7 Å². The van der Waals surface area contributed by atoms with Gasteiger partial charge >= 0.3 is 0 Å². The summed E-state index contributed by atoms with van der Waals surface area (Å²) in [6.45, 7) is -0.0800. The first-order valence-electron chi connectivity index (χ1n) is 9.67. The van der Waals surface area contributed by atoms with Crippen molar-refractivity contribution in [3.05, 3.63) is 57.4 Å². The zero-order chi connectivity index (χ0) is 25.3. The number of carbonyl (C=O) groups excluding carboxylic acids is 1. The number of carbonyl (C=O) groups is 1. The van der Waals surface area contributed by atoms with Crippen LogP contribution in [-0.2, 0) is 24.4 Å². The van der Waals surface area contributed by atoms with Gasteiger partial charge < -0.3 is 20.2 Å². The monoisotopic (exact) mass is 629 g/mol. The number of allylic oxidation sites excluding steroid dienone is 2. The first-order valence-corrected chi connectivity index (χ1v) is 14.2. The number of aliphatic hydroxyl groups excluding tert-OH is 1. The number of ether oxygens (including phenoxy) is 1. The van der Waals surface area contributed by atoms with Crippen molar-refractivity contribution >= 4 is 52.5 Å². The van der Waals surface area contributed by atoms with Gasteiger partial charge in [-0.1, -0.05) is 11.6 Å². The van der Waals surface area contributed by atoms with Crippen LogP contribution in [0.3, 0.4) is 0 Å². The van der Waals surface area contributed by atoms with Crippen LogP contribution in [0.5, 0.6) is 11.6 Å². The second kappa shape index (κ2) is 13.9. The molecule has 0 aliphatic carbocycles. The molecule has 8 nitrogen and oxygen atoms in total. The number of aliphatic hydroxyl groups is 1. The molecule has 0 spiro atoms. The van der Waals surface area contributed by atoms with Crippen LogP contribution in [-0.4, -0.2) is 46.1 Å². The lowest BCUT2D eigenvalue weighted by molar-refractivity contribution is -0.104. The Bertz CT molecular complexity index is 1060. The fourth-order valence-electron chi connectivity index (χ4n) is 3.06. The van der Waals surface area contributed by atoms with E-state index in [1.165, 1.54) is 0 Å². The number of benzene rings is 1. The van der Waals surface area contributed by atoms with E-state index in [1.54, 1.807) is 4.90 Å². The summed E-state index contributed by atoms with van der Waals surface area (Å²) in [7, 11) is 1.94. The minimum Gasteiger partial charge on any atom is -0.438 e. The van der Waals surface area contributed by atoms with E-state index in [0.29, 0.717) is 36.6 Å². The van der Waals surface area contributed by atoms with Gasteiger partial charge in [0, 0.05) is 24.7 Å². The minimum absolute atomic E-state index is 0.00632. The maximum Gasteiger partial charge on any atom is 0.267 e. The van der Waals surface area contributed by atoms with E-state index in [9.17, 15) is 23.1 Å². The number of hydrogen-bond acceptors (Lipinski definition) is 8. The van der Waals surface area contributed by atoms with Crippen molar-refractivity contribution < 1.29 is 27.8 Å². The van der Waals surface area contributed by atoms with Crippen molar-refractivity contribution in [3.63, 3.8) is 0 Å². The van der Waals surface area contributed by atoms with Crippen LogP contribution in [0.1, 0.15) is 29.1 Å². The Morgan fingerprint density at radius 2 is 2.18 bits per heavy atom. The Balaban J connectivity index is 0.000000945. The highest BCUT2D eigenvalue weighted by Gasteiger charge is 2.26. The van der Waals surface area contributed by atoms with Gasteiger partial charge in [0.25, 0.3) is 6.43 Å². The maximum absolute atomic E-state index is 13.4. The molecule has 0 saturated carbocycles. The molecular weight excluding hydrogens is 609 g/mol. The van der Waals surface area contributed by atoms with Gasteiger partial charge in [0.15, 0.2) is 12.1 Å². The average molecular weight is 630 g/mol. The molecule has 1 aromatic heterocycles. The lowest BCUT2D eigenvalue weighted by atomic mass is 10.1. The third-order valence-electron chi connectivity index (χ3n) is 4.55. The number of hydrogen-bond donors (Lipinski definition) is 3. The molecule has 0 amide bonds. The van der Waals surface area contributed by atoms with Gasteiger partial charge in [-0.25, -0.2) is 18.2 Å². The normalized spacial score (nSPS) is 13.8. The lowest BCUT2D eigenvalue weighted by Gasteiger charge is -2.31. The van der Waals surface area contributed by atoms with Gasteiger partial charge in [-0.05, 0) is 53.7 Å². The summed E-state index contributed by atoms with van der Waals surface area (Å²) >= 11 is 8.14. The number of nitrogens with one attached hydrogen (secondary N) is 2. The second-order valence-corrected chi connectivity index (χ2v) is 9.34. The van der Waals surface area contributed by atoms with Crippen LogP contribution in [0.15, 0.2) is 28.9 Å². The quantitative estimate of drug-likeness (QED) is 0.128. The first-order chi connectivity index (χ1) is 16.3. The van der Waals surface area contributed by atoms with Crippen molar-refractivity contribution in [1.82, 2.24) is 20.0 Å². The van der Waals surface area contributed by atoms with Gasteiger partial charge in [0.2, 0.25) is 5.88 Å². The molecule has 1 aliphatic rings. The molecule has 3 rings (SSSR count). The fourth-order valence-corrected chi connectivity index (χ4v) is 3.24. The molecule has 1 unspecified atom stereocenters. The zero-order valence-electron chi connectivity index (χ0n) is 17.8.